The Morgan fingerprint density at radius 2 is 2.19 bits per heavy atom. The van der Waals surface area contributed by atoms with E-state index in [0.717, 1.165) is 11.4 Å². The molecule has 0 radical (unpaired) electrons. The van der Waals surface area contributed by atoms with Crippen LogP contribution >= 0.6 is 0 Å². The van der Waals surface area contributed by atoms with Gasteiger partial charge in [-0.25, -0.2) is 9.78 Å². The average Bonchev–Trinajstić information content (AvgIpc) is 2.78. The van der Waals surface area contributed by atoms with Crippen molar-refractivity contribution >= 4 is 5.91 Å². The number of carbonyl (C=O) groups excluding carboxylic acids is 1. The van der Waals surface area contributed by atoms with Crippen LogP contribution in [0.3, 0.4) is 0 Å². The van der Waals surface area contributed by atoms with Gasteiger partial charge in [0, 0.05) is 24.6 Å². The van der Waals surface area contributed by atoms with Gasteiger partial charge in [-0.2, -0.15) is 5.10 Å². The first-order valence-corrected chi connectivity index (χ1v) is 6.78. The van der Waals surface area contributed by atoms with Crippen molar-refractivity contribution in [3.05, 3.63) is 46.4 Å². The molecule has 7 nitrogen and oxygen atoms in total. The smallest absolute Gasteiger partial charge is 0.347 e. The Balaban J connectivity index is 1.91. The zero-order valence-electron chi connectivity index (χ0n) is 12.4. The minimum Gasteiger partial charge on any atom is -0.352 e. The maximum Gasteiger partial charge on any atom is 0.347 e. The summed E-state index contributed by atoms with van der Waals surface area (Å²) in [5.41, 5.74) is 1.57. The van der Waals surface area contributed by atoms with Gasteiger partial charge in [0.15, 0.2) is 0 Å². The molecule has 1 amide bonds. The first-order valence-electron chi connectivity index (χ1n) is 6.78. The fraction of sp³-hybridized carbons (Fsp3) is 0.429. The first kappa shape index (κ1) is 15.0. The van der Waals surface area contributed by atoms with Gasteiger partial charge in [0.2, 0.25) is 5.91 Å². The number of aromatic nitrogens is 4. The predicted molar refractivity (Wildman–Crippen MR) is 77.9 cm³/mol. The van der Waals surface area contributed by atoms with Crippen molar-refractivity contribution in [2.75, 3.05) is 6.54 Å². The molecule has 0 saturated heterocycles. The Labute approximate surface area is 122 Å². The van der Waals surface area contributed by atoms with Crippen LogP contribution in [0.2, 0.25) is 0 Å². The first-order chi connectivity index (χ1) is 9.97. The number of carbonyl (C=O) groups is 1. The third kappa shape index (κ3) is 3.77. The molecule has 1 atom stereocenters. The van der Waals surface area contributed by atoms with E-state index < -0.39 is 5.69 Å². The highest BCUT2D eigenvalue weighted by Crippen LogP contribution is 2.09. The Morgan fingerprint density at radius 3 is 2.81 bits per heavy atom. The fourth-order valence-electron chi connectivity index (χ4n) is 2.16. The minimum atomic E-state index is -0.431. The number of rotatable bonds is 5. The molecule has 0 unspecified atom stereocenters. The molecule has 2 rings (SSSR count). The highest BCUT2D eigenvalue weighted by molar-refractivity contribution is 5.75. The zero-order chi connectivity index (χ0) is 15.4. The highest BCUT2D eigenvalue weighted by atomic mass is 16.2. The van der Waals surface area contributed by atoms with Crippen LogP contribution in [0.1, 0.15) is 24.4 Å². The normalized spacial score (nSPS) is 12.1. The van der Waals surface area contributed by atoms with Gasteiger partial charge >= 0.3 is 5.69 Å². The van der Waals surface area contributed by atoms with Gasteiger partial charge in [-0.15, -0.1) is 0 Å². The molecule has 0 aromatic carbocycles. The van der Waals surface area contributed by atoms with Crippen molar-refractivity contribution < 1.29 is 4.79 Å². The van der Waals surface area contributed by atoms with E-state index in [-0.39, 0.29) is 18.5 Å². The SMILES string of the molecule is Cc1cc(C)n([C@@H](C)CNC(=O)Cn2cccnc2=O)n1. The van der Waals surface area contributed by atoms with Gasteiger partial charge < -0.3 is 5.32 Å². The summed E-state index contributed by atoms with van der Waals surface area (Å²) in [6, 6.07) is 3.66. The predicted octanol–water partition coefficient (Wildman–Crippen LogP) is 0.434. The van der Waals surface area contributed by atoms with Gasteiger partial charge in [0.25, 0.3) is 0 Å². The summed E-state index contributed by atoms with van der Waals surface area (Å²) in [6.45, 7) is 6.32. The van der Waals surface area contributed by atoms with Crippen molar-refractivity contribution in [1.29, 1.82) is 0 Å². The standard InChI is InChI=1S/C14H19N5O2/c1-10-7-11(2)19(17-10)12(3)8-16-13(20)9-18-6-4-5-15-14(18)21/h4-7,12H,8-9H2,1-3H3,(H,16,20)/t12-/m0/s1. The second kappa shape index (κ2) is 6.34. The molecular formula is C14H19N5O2. The highest BCUT2D eigenvalue weighted by Gasteiger charge is 2.11. The van der Waals surface area contributed by atoms with E-state index in [1.165, 1.54) is 10.8 Å². The lowest BCUT2D eigenvalue weighted by Crippen LogP contribution is -2.35. The summed E-state index contributed by atoms with van der Waals surface area (Å²) in [6.07, 6.45) is 2.95. The monoisotopic (exact) mass is 289 g/mol. The van der Waals surface area contributed by atoms with E-state index in [1.807, 2.05) is 31.5 Å². The molecule has 0 aliphatic heterocycles. The van der Waals surface area contributed by atoms with E-state index in [1.54, 1.807) is 12.3 Å². The Bertz CT molecular complexity index is 689. The number of nitrogens with one attached hydrogen (secondary N) is 1. The summed E-state index contributed by atoms with van der Waals surface area (Å²) in [7, 11) is 0. The van der Waals surface area contributed by atoms with E-state index in [2.05, 4.69) is 15.4 Å². The van der Waals surface area contributed by atoms with Crippen molar-refractivity contribution in [2.24, 2.45) is 0 Å². The third-order valence-corrected chi connectivity index (χ3v) is 3.15. The Kier molecular flexibility index (Phi) is 4.52. The van der Waals surface area contributed by atoms with Gasteiger partial charge in [0.05, 0.1) is 11.7 Å². The molecule has 7 heteroatoms. The van der Waals surface area contributed by atoms with E-state index in [4.69, 9.17) is 0 Å². The molecule has 21 heavy (non-hydrogen) atoms. The van der Waals surface area contributed by atoms with Crippen LogP contribution in [0.4, 0.5) is 0 Å². The van der Waals surface area contributed by atoms with Gasteiger partial charge in [-0.1, -0.05) is 0 Å². The zero-order valence-corrected chi connectivity index (χ0v) is 12.4. The number of hydrogen-bond acceptors (Lipinski definition) is 4. The molecule has 0 spiro atoms. The van der Waals surface area contributed by atoms with E-state index >= 15 is 0 Å². The van der Waals surface area contributed by atoms with E-state index in [0.29, 0.717) is 6.54 Å². The summed E-state index contributed by atoms with van der Waals surface area (Å²) in [5.74, 6) is -0.224. The number of hydrogen-bond donors (Lipinski definition) is 1. The lowest BCUT2D eigenvalue weighted by Gasteiger charge is -2.15. The molecule has 0 bridgehead atoms. The van der Waals surface area contributed by atoms with E-state index in [9.17, 15) is 9.59 Å². The van der Waals surface area contributed by atoms with Crippen molar-refractivity contribution in [3.8, 4) is 0 Å². The van der Waals surface area contributed by atoms with Crippen molar-refractivity contribution in [2.45, 2.75) is 33.4 Å². The second-order valence-electron chi connectivity index (χ2n) is 5.05. The summed E-state index contributed by atoms with van der Waals surface area (Å²) < 4.78 is 3.15. The Morgan fingerprint density at radius 1 is 1.43 bits per heavy atom. The summed E-state index contributed by atoms with van der Waals surface area (Å²) in [5, 5.41) is 7.19. The van der Waals surface area contributed by atoms with Crippen LogP contribution in [0, 0.1) is 13.8 Å². The van der Waals surface area contributed by atoms with Gasteiger partial charge in [-0.3, -0.25) is 14.0 Å². The minimum absolute atomic E-state index is 0.0312. The number of aryl methyl sites for hydroxylation is 2. The van der Waals surface area contributed by atoms with Crippen LogP contribution in [0.5, 0.6) is 0 Å². The van der Waals surface area contributed by atoms with Crippen LogP contribution < -0.4 is 11.0 Å². The molecule has 0 saturated carbocycles. The maximum absolute atomic E-state index is 11.9. The van der Waals surface area contributed by atoms with Gasteiger partial charge in [0.1, 0.15) is 6.54 Å². The summed E-state index contributed by atoms with van der Waals surface area (Å²) in [4.78, 5) is 26.9. The molecule has 0 fully saturated rings. The molecule has 112 valence electrons. The second-order valence-corrected chi connectivity index (χ2v) is 5.05. The summed E-state index contributed by atoms with van der Waals surface area (Å²) >= 11 is 0. The molecule has 0 aliphatic carbocycles. The van der Waals surface area contributed by atoms with Crippen LogP contribution in [-0.4, -0.2) is 31.8 Å². The van der Waals surface area contributed by atoms with Crippen LogP contribution in [0.25, 0.3) is 0 Å². The molecule has 2 aromatic rings. The molecule has 2 aromatic heterocycles. The van der Waals surface area contributed by atoms with Crippen molar-refractivity contribution in [3.63, 3.8) is 0 Å². The lowest BCUT2D eigenvalue weighted by molar-refractivity contribution is -0.121. The molecule has 0 aliphatic rings. The molecule has 1 N–H and O–H groups in total. The number of amides is 1. The third-order valence-electron chi connectivity index (χ3n) is 3.15. The fourth-order valence-corrected chi connectivity index (χ4v) is 2.16. The maximum atomic E-state index is 11.9. The number of nitrogens with zero attached hydrogens (tertiary/aromatic N) is 4. The largest absolute Gasteiger partial charge is 0.352 e. The van der Waals surface area contributed by atoms with Crippen LogP contribution in [0.15, 0.2) is 29.3 Å². The quantitative estimate of drug-likeness (QED) is 0.865. The average molecular weight is 289 g/mol. The van der Waals surface area contributed by atoms with Gasteiger partial charge in [-0.05, 0) is 32.9 Å². The van der Waals surface area contributed by atoms with Crippen molar-refractivity contribution in [1.82, 2.24) is 24.6 Å². The Hall–Kier alpha value is -2.44. The molecule has 2 heterocycles. The molecular weight excluding hydrogens is 270 g/mol. The van der Waals surface area contributed by atoms with Crippen LogP contribution in [-0.2, 0) is 11.3 Å². The topological polar surface area (TPSA) is 81.8 Å². The lowest BCUT2D eigenvalue weighted by atomic mass is 10.3.